The second-order valence-corrected chi connectivity index (χ2v) is 9.25. The fourth-order valence-electron chi connectivity index (χ4n) is 3.85. The number of aromatic nitrogens is 2. The van der Waals surface area contributed by atoms with Crippen LogP contribution < -0.4 is 10.6 Å². The summed E-state index contributed by atoms with van der Waals surface area (Å²) in [6, 6.07) is 10.2. The average molecular weight is 434 g/mol. The van der Waals surface area contributed by atoms with Crippen LogP contribution in [0.2, 0.25) is 0 Å². The zero-order valence-corrected chi connectivity index (χ0v) is 18.0. The third-order valence-corrected chi connectivity index (χ3v) is 7.14. The molecule has 0 spiro atoms. The number of Topliss-reactive ketones (excluding diaryl/α,β-unsaturated/α-hetero) is 1. The maximum Gasteiger partial charge on any atom is 0.219 e. The van der Waals surface area contributed by atoms with E-state index in [0.717, 1.165) is 27.6 Å². The van der Waals surface area contributed by atoms with Crippen LogP contribution in [-0.2, 0) is 4.79 Å². The highest BCUT2D eigenvalue weighted by Gasteiger charge is 2.41. The number of rotatable bonds is 4. The van der Waals surface area contributed by atoms with Gasteiger partial charge in [-0.25, -0.2) is 0 Å². The van der Waals surface area contributed by atoms with Crippen molar-refractivity contribution in [3.8, 4) is 18.4 Å². The van der Waals surface area contributed by atoms with Crippen molar-refractivity contribution in [1.29, 1.82) is 5.26 Å². The van der Waals surface area contributed by atoms with E-state index < -0.39 is 5.92 Å². The fraction of sp³-hybridized carbons (Fsp3) is 0.273. The first-order chi connectivity index (χ1) is 14.5. The van der Waals surface area contributed by atoms with Crippen molar-refractivity contribution in [3.63, 3.8) is 0 Å². The Morgan fingerprint density at radius 1 is 1.33 bits per heavy atom. The summed E-state index contributed by atoms with van der Waals surface area (Å²) in [5.41, 5.74) is 10.4. The number of ketones is 1. The molecular formula is C22H19N5OS2. The number of carbonyl (C=O) groups excluding carboxylic acids is 1. The molecule has 2 aromatic rings. The Balaban J connectivity index is 1.87. The van der Waals surface area contributed by atoms with Gasteiger partial charge >= 0.3 is 0 Å². The molecule has 1 aliphatic carbocycles. The van der Waals surface area contributed by atoms with E-state index in [1.807, 2.05) is 31.2 Å². The van der Waals surface area contributed by atoms with E-state index in [2.05, 4.69) is 22.2 Å². The van der Waals surface area contributed by atoms with Gasteiger partial charge in [-0.15, -0.1) is 16.6 Å². The van der Waals surface area contributed by atoms with Gasteiger partial charge in [-0.05, 0) is 25.3 Å². The molecule has 1 aromatic carbocycles. The Labute approximate surface area is 183 Å². The van der Waals surface area contributed by atoms with E-state index in [0.29, 0.717) is 40.7 Å². The number of aryl methyl sites for hydroxylation is 1. The van der Waals surface area contributed by atoms with Crippen molar-refractivity contribution in [2.75, 3.05) is 10.7 Å². The van der Waals surface area contributed by atoms with Gasteiger partial charge in [0.1, 0.15) is 5.82 Å². The lowest BCUT2D eigenvalue weighted by atomic mass is 9.75. The largest absolute Gasteiger partial charge is 0.384 e. The predicted octanol–water partition coefficient (Wildman–Crippen LogP) is 3.88. The Bertz CT molecular complexity index is 1150. The molecule has 1 aromatic heterocycles. The highest BCUT2D eigenvalue weighted by Crippen LogP contribution is 2.47. The second kappa shape index (κ2) is 8.35. The summed E-state index contributed by atoms with van der Waals surface area (Å²) in [5, 5.41) is 19.0. The highest BCUT2D eigenvalue weighted by atomic mass is 32.2. The van der Waals surface area contributed by atoms with Crippen LogP contribution in [-0.4, -0.2) is 21.7 Å². The zero-order chi connectivity index (χ0) is 21.3. The maximum atomic E-state index is 13.1. The normalized spacial score (nSPS) is 18.8. The molecule has 1 atom stereocenters. The lowest BCUT2D eigenvalue weighted by molar-refractivity contribution is -0.116. The van der Waals surface area contributed by atoms with Crippen LogP contribution in [0.15, 0.2) is 51.3 Å². The number of nitrogens with two attached hydrogens (primary N) is 1. The van der Waals surface area contributed by atoms with Crippen molar-refractivity contribution in [2.24, 2.45) is 5.73 Å². The van der Waals surface area contributed by atoms with Gasteiger partial charge in [0.15, 0.2) is 10.1 Å². The van der Waals surface area contributed by atoms with E-state index in [9.17, 15) is 10.1 Å². The van der Waals surface area contributed by atoms with Crippen molar-refractivity contribution in [3.05, 3.63) is 58.1 Å². The van der Waals surface area contributed by atoms with Gasteiger partial charge in [0.25, 0.3) is 0 Å². The number of nitrogens with zero attached hydrogens (tertiary/aromatic N) is 4. The van der Waals surface area contributed by atoms with E-state index in [1.54, 1.807) is 4.90 Å². The highest BCUT2D eigenvalue weighted by molar-refractivity contribution is 8.01. The Hall–Kier alpha value is -3.07. The molecule has 2 N–H and O–H groups in total. The number of allylic oxidation sites excluding steroid dienone is 3. The van der Waals surface area contributed by atoms with E-state index in [-0.39, 0.29) is 5.78 Å². The van der Waals surface area contributed by atoms with Crippen LogP contribution in [0.4, 0.5) is 5.13 Å². The quantitative estimate of drug-likeness (QED) is 0.577. The molecule has 2 aliphatic rings. The Kier molecular flexibility index (Phi) is 5.63. The molecule has 0 radical (unpaired) electrons. The summed E-state index contributed by atoms with van der Waals surface area (Å²) in [4.78, 5) is 14.8. The molecule has 0 saturated carbocycles. The first-order valence-corrected chi connectivity index (χ1v) is 11.3. The van der Waals surface area contributed by atoms with E-state index >= 15 is 0 Å². The lowest BCUT2D eigenvalue weighted by Crippen LogP contribution is -2.38. The molecule has 1 aliphatic heterocycles. The zero-order valence-electron chi connectivity index (χ0n) is 16.4. The molecule has 0 amide bonds. The van der Waals surface area contributed by atoms with Crippen LogP contribution in [0, 0.1) is 30.6 Å². The van der Waals surface area contributed by atoms with Crippen LogP contribution in [0.5, 0.6) is 0 Å². The number of thioether (sulfide) groups is 1. The molecule has 6 nitrogen and oxygen atoms in total. The Morgan fingerprint density at radius 3 is 2.80 bits per heavy atom. The van der Waals surface area contributed by atoms with Crippen molar-refractivity contribution in [2.45, 2.75) is 36.4 Å². The van der Waals surface area contributed by atoms with Crippen molar-refractivity contribution >= 4 is 34.0 Å². The summed E-state index contributed by atoms with van der Waals surface area (Å²) < 4.78 is 0.721. The van der Waals surface area contributed by atoms with Gasteiger partial charge < -0.3 is 5.73 Å². The Morgan fingerprint density at radius 2 is 2.10 bits per heavy atom. The van der Waals surface area contributed by atoms with Crippen molar-refractivity contribution in [1.82, 2.24) is 10.2 Å². The number of terminal acetylenes is 1. The summed E-state index contributed by atoms with van der Waals surface area (Å²) in [6.45, 7) is 2.00. The molecule has 8 heteroatoms. The number of hydrogen-bond donors (Lipinski definition) is 1. The second-order valence-electron chi connectivity index (χ2n) is 7.07. The molecule has 150 valence electrons. The van der Waals surface area contributed by atoms with Gasteiger partial charge in [0.05, 0.1) is 23.3 Å². The van der Waals surface area contributed by atoms with Crippen LogP contribution in [0.3, 0.4) is 0 Å². The summed E-state index contributed by atoms with van der Waals surface area (Å²) in [6.07, 6.45) is 7.23. The molecule has 2 heterocycles. The number of anilines is 1. The minimum absolute atomic E-state index is 0.0542. The van der Waals surface area contributed by atoms with Gasteiger partial charge in [-0.1, -0.05) is 58.8 Å². The molecule has 4 rings (SSSR count). The van der Waals surface area contributed by atoms with E-state index in [4.69, 9.17) is 12.2 Å². The summed E-state index contributed by atoms with van der Waals surface area (Å²) in [5.74, 6) is 2.96. The average Bonchev–Trinajstić information content (AvgIpc) is 3.20. The smallest absolute Gasteiger partial charge is 0.219 e. The van der Waals surface area contributed by atoms with Gasteiger partial charge in [-0.3, -0.25) is 9.69 Å². The minimum atomic E-state index is -0.460. The molecule has 30 heavy (non-hydrogen) atoms. The molecule has 0 bridgehead atoms. The first-order valence-electron chi connectivity index (χ1n) is 9.47. The van der Waals surface area contributed by atoms with Gasteiger partial charge in [0.2, 0.25) is 5.13 Å². The predicted molar refractivity (Wildman–Crippen MR) is 119 cm³/mol. The SMILES string of the molecule is C#CCSc1nnc(N2C(N)=C(C#N)C(c3ccc(C)cc3)C3=C2CCCC3=O)s1. The minimum Gasteiger partial charge on any atom is -0.384 e. The van der Waals surface area contributed by atoms with Gasteiger partial charge in [0, 0.05) is 17.7 Å². The number of nitriles is 1. The molecule has 0 fully saturated rings. The van der Waals surface area contributed by atoms with Gasteiger partial charge in [-0.2, -0.15) is 5.26 Å². The molecular weight excluding hydrogens is 414 g/mol. The van der Waals surface area contributed by atoms with Crippen LogP contribution >= 0.6 is 23.1 Å². The fourth-order valence-corrected chi connectivity index (χ4v) is 5.41. The topological polar surface area (TPSA) is 95.9 Å². The lowest BCUT2D eigenvalue weighted by Gasteiger charge is -2.38. The monoisotopic (exact) mass is 433 g/mol. The summed E-state index contributed by atoms with van der Waals surface area (Å²) >= 11 is 2.77. The first kappa shape index (κ1) is 20.2. The standard InChI is InChI=1S/C22H19N5OS2/c1-3-11-29-22-26-25-21(30-22)27-16-5-4-6-17(28)19(16)18(15(12-23)20(27)24)14-9-7-13(2)8-10-14/h1,7-10,18H,4-6,11,24H2,2H3. The third kappa shape index (κ3) is 3.49. The maximum absolute atomic E-state index is 13.1. The number of carbonyl (C=O) groups is 1. The summed E-state index contributed by atoms with van der Waals surface area (Å²) in [7, 11) is 0. The molecule has 0 saturated heterocycles. The number of benzene rings is 1. The van der Waals surface area contributed by atoms with E-state index in [1.165, 1.54) is 23.1 Å². The van der Waals surface area contributed by atoms with Crippen LogP contribution in [0.25, 0.3) is 0 Å². The van der Waals surface area contributed by atoms with Crippen LogP contribution in [0.1, 0.15) is 36.3 Å². The number of hydrogen-bond acceptors (Lipinski definition) is 8. The van der Waals surface area contributed by atoms with Crippen molar-refractivity contribution < 1.29 is 4.79 Å². The molecule has 1 unspecified atom stereocenters. The third-order valence-electron chi connectivity index (χ3n) is 5.19.